The van der Waals surface area contributed by atoms with Gasteiger partial charge in [0.25, 0.3) is 0 Å². The van der Waals surface area contributed by atoms with Gasteiger partial charge in [0.15, 0.2) is 0 Å². The first-order chi connectivity index (χ1) is 17.8. The summed E-state index contributed by atoms with van der Waals surface area (Å²) in [5, 5.41) is 16.5. The summed E-state index contributed by atoms with van der Waals surface area (Å²) in [6.07, 6.45) is -3.65. The number of rotatable bonds is 10. The van der Waals surface area contributed by atoms with Crippen molar-refractivity contribution in [3.05, 3.63) is 35.6 Å². The molecule has 3 N–H and O–H groups in total. The topological polar surface area (TPSA) is 135 Å². The van der Waals surface area contributed by atoms with Gasteiger partial charge in [-0.15, -0.1) is 0 Å². The number of nitrogens with one attached hydrogen (secondary N) is 3. The normalized spacial score (nSPS) is 19.2. The van der Waals surface area contributed by atoms with Crippen LogP contribution in [0.15, 0.2) is 24.3 Å². The summed E-state index contributed by atoms with van der Waals surface area (Å²) in [6, 6.07) is 0.619. The number of carbonyl (C=O) groups is 2. The van der Waals surface area contributed by atoms with Crippen molar-refractivity contribution >= 4 is 22.0 Å². The van der Waals surface area contributed by atoms with Crippen LogP contribution in [0.4, 0.5) is 22.4 Å². The van der Waals surface area contributed by atoms with Crippen LogP contribution in [0.3, 0.4) is 0 Å². The lowest BCUT2D eigenvalue weighted by Crippen LogP contribution is -2.58. The van der Waals surface area contributed by atoms with E-state index in [0.29, 0.717) is 6.54 Å². The maximum absolute atomic E-state index is 14.0. The Balaban J connectivity index is 1.79. The molecule has 1 saturated carbocycles. The smallest absolute Gasteiger partial charge is 0.338 e. The van der Waals surface area contributed by atoms with Crippen LogP contribution in [0.2, 0.25) is 0 Å². The zero-order valence-electron chi connectivity index (χ0n) is 20.7. The molecule has 1 saturated heterocycles. The van der Waals surface area contributed by atoms with Gasteiger partial charge in [-0.05, 0) is 37.0 Å². The molecule has 2 atom stereocenters. The maximum atomic E-state index is 14.0. The Bertz CT molecular complexity index is 1140. The second kappa shape index (κ2) is 11.8. The number of urea groups is 1. The molecule has 1 aromatic rings. The molecule has 0 unspecified atom stereocenters. The average molecular weight is 563 g/mol. The molecule has 3 rings (SSSR count). The Hall–Kier alpha value is -2.96. The SMILES string of the molecule is CCCNC(=O)N1CCN(S(=O)(=O)C[C@@H](N[C@@H](c2ccc(F)cc2)C(F)(F)F)C(=O)NC2(C#N)CC2)CC1. The van der Waals surface area contributed by atoms with Gasteiger partial charge >= 0.3 is 12.2 Å². The summed E-state index contributed by atoms with van der Waals surface area (Å²) in [7, 11) is -4.27. The second-order valence-electron chi connectivity index (χ2n) is 9.33. The van der Waals surface area contributed by atoms with Gasteiger partial charge < -0.3 is 15.5 Å². The van der Waals surface area contributed by atoms with E-state index in [-0.39, 0.29) is 45.1 Å². The van der Waals surface area contributed by atoms with Crippen LogP contribution < -0.4 is 16.0 Å². The summed E-state index contributed by atoms with van der Waals surface area (Å²) in [4.78, 5) is 26.6. The van der Waals surface area contributed by atoms with Gasteiger partial charge in [-0.25, -0.2) is 17.6 Å². The van der Waals surface area contributed by atoms with Gasteiger partial charge in [-0.1, -0.05) is 19.1 Å². The fourth-order valence-electron chi connectivity index (χ4n) is 3.98. The molecule has 2 fully saturated rings. The number of hydrogen-bond donors (Lipinski definition) is 3. The minimum absolute atomic E-state index is 0.0668. The zero-order chi connectivity index (χ0) is 28.1. The third kappa shape index (κ3) is 7.55. The monoisotopic (exact) mass is 562 g/mol. The van der Waals surface area contributed by atoms with E-state index in [2.05, 4.69) is 16.0 Å². The quantitative estimate of drug-likeness (QED) is 0.371. The lowest BCUT2D eigenvalue weighted by atomic mass is 10.0. The van der Waals surface area contributed by atoms with E-state index in [1.165, 1.54) is 4.90 Å². The standard InChI is InChI=1S/C23H30F4N6O4S/c1-2-9-29-21(35)32-10-12-33(13-11-32)38(36,37)14-18(20(34)31-22(15-28)7-8-22)30-19(23(25,26)27)16-3-5-17(24)6-4-16/h3-6,18-19,30H,2,7-14H2,1H3,(H,29,35)(H,31,34)/t18-,19+/m1/s1. The molecular weight excluding hydrogens is 532 g/mol. The Labute approximate surface area is 218 Å². The number of amides is 3. The van der Waals surface area contributed by atoms with Gasteiger partial charge in [0.2, 0.25) is 15.9 Å². The average Bonchev–Trinajstić information content (AvgIpc) is 3.64. The van der Waals surface area contributed by atoms with Crippen LogP contribution in [-0.4, -0.2) is 85.8 Å². The predicted octanol–water partition coefficient (Wildman–Crippen LogP) is 1.63. The summed E-state index contributed by atoms with van der Waals surface area (Å²) in [6.45, 7) is 2.28. The van der Waals surface area contributed by atoms with Crippen molar-refractivity contribution in [1.82, 2.24) is 25.2 Å². The number of halogens is 4. The van der Waals surface area contributed by atoms with E-state index in [1.807, 2.05) is 13.0 Å². The minimum Gasteiger partial charge on any atom is -0.338 e. The number of alkyl halides is 3. The number of piperazine rings is 1. The number of hydrogen-bond acceptors (Lipinski definition) is 6. The van der Waals surface area contributed by atoms with Crippen molar-refractivity contribution in [1.29, 1.82) is 5.26 Å². The van der Waals surface area contributed by atoms with Crippen LogP contribution in [0, 0.1) is 17.1 Å². The van der Waals surface area contributed by atoms with E-state index in [9.17, 15) is 40.8 Å². The van der Waals surface area contributed by atoms with Crippen molar-refractivity contribution in [3.63, 3.8) is 0 Å². The van der Waals surface area contributed by atoms with Gasteiger partial charge in [0, 0.05) is 32.7 Å². The summed E-state index contributed by atoms with van der Waals surface area (Å²) in [5.41, 5.74) is -1.66. The molecule has 0 aromatic heterocycles. The van der Waals surface area contributed by atoms with Crippen LogP contribution in [0.1, 0.15) is 37.8 Å². The molecule has 0 spiro atoms. The minimum atomic E-state index is -4.95. The highest BCUT2D eigenvalue weighted by molar-refractivity contribution is 7.89. The molecular formula is C23H30F4N6O4S. The van der Waals surface area contributed by atoms with E-state index in [1.54, 1.807) is 0 Å². The lowest BCUT2D eigenvalue weighted by molar-refractivity contribution is -0.160. The number of nitriles is 1. The third-order valence-electron chi connectivity index (χ3n) is 6.36. The highest BCUT2D eigenvalue weighted by Crippen LogP contribution is 2.36. The molecule has 15 heteroatoms. The van der Waals surface area contributed by atoms with E-state index < -0.39 is 56.9 Å². The third-order valence-corrected chi connectivity index (χ3v) is 8.27. The Morgan fingerprint density at radius 2 is 1.74 bits per heavy atom. The summed E-state index contributed by atoms with van der Waals surface area (Å²) < 4.78 is 82.7. The molecule has 3 amide bonds. The fourth-order valence-corrected chi connectivity index (χ4v) is 5.58. The molecule has 0 radical (unpaired) electrons. The molecule has 1 aliphatic carbocycles. The molecule has 1 aromatic carbocycles. The van der Waals surface area contributed by atoms with Crippen LogP contribution in [0.5, 0.6) is 0 Å². The molecule has 2 aliphatic rings. The van der Waals surface area contributed by atoms with Gasteiger partial charge in [0.1, 0.15) is 23.4 Å². The molecule has 10 nitrogen and oxygen atoms in total. The van der Waals surface area contributed by atoms with E-state index >= 15 is 0 Å². The number of nitrogens with zero attached hydrogens (tertiary/aromatic N) is 3. The number of sulfonamides is 1. The Kier molecular flexibility index (Phi) is 9.21. The maximum Gasteiger partial charge on any atom is 0.407 e. The lowest BCUT2D eigenvalue weighted by Gasteiger charge is -2.35. The Morgan fingerprint density at radius 1 is 1.13 bits per heavy atom. The molecule has 1 heterocycles. The predicted molar refractivity (Wildman–Crippen MR) is 128 cm³/mol. The van der Waals surface area contributed by atoms with Gasteiger partial charge in [-0.2, -0.15) is 22.7 Å². The number of carbonyl (C=O) groups excluding carboxylic acids is 2. The molecule has 38 heavy (non-hydrogen) atoms. The fraction of sp³-hybridized carbons (Fsp3) is 0.609. The highest BCUT2D eigenvalue weighted by Gasteiger charge is 2.48. The molecule has 210 valence electrons. The first-order valence-corrected chi connectivity index (χ1v) is 13.7. The highest BCUT2D eigenvalue weighted by atomic mass is 32.2. The second-order valence-corrected chi connectivity index (χ2v) is 11.3. The number of benzene rings is 1. The first-order valence-electron chi connectivity index (χ1n) is 12.1. The first kappa shape index (κ1) is 29.6. The summed E-state index contributed by atoms with van der Waals surface area (Å²) in [5.74, 6) is -2.85. The van der Waals surface area contributed by atoms with Crippen molar-refractivity contribution in [2.45, 2.75) is 50.0 Å². The van der Waals surface area contributed by atoms with Crippen molar-refractivity contribution in [3.8, 4) is 6.07 Å². The van der Waals surface area contributed by atoms with Crippen molar-refractivity contribution in [2.24, 2.45) is 0 Å². The Morgan fingerprint density at radius 3 is 2.24 bits per heavy atom. The van der Waals surface area contributed by atoms with Crippen molar-refractivity contribution in [2.75, 3.05) is 38.5 Å². The van der Waals surface area contributed by atoms with E-state index in [0.717, 1.165) is 35.0 Å². The molecule has 0 bridgehead atoms. The van der Waals surface area contributed by atoms with Crippen LogP contribution in [0.25, 0.3) is 0 Å². The molecule has 1 aliphatic heterocycles. The van der Waals surface area contributed by atoms with Gasteiger partial charge in [0.05, 0.1) is 11.8 Å². The van der Waals surface area contributed by atoms with E-state index in [4.69, 9.17) is 0 Å². The zero-order valence-corrected chi connectivity index (χ0v) is 21.5. The van der Waals surface area contributed by atoms with Crippen LogP contribution >= 0.6 is 0 Å². The summed E-state index contributed by atoms with van der Waals surface area (Å²) >= 11 is 0. The van der Waals surface area contributed by atoms with Crippen molar-refractivity contribution < 1.29 is 35.6 Å². The van der Waals surface area contributed by atoms with Crippen LogP contribution in [-0.2, 0) is 14.8 Å². The van der Waals surface area contributed by atoms with Gasteiger partial charge in [-0.3, -0.25) is 10.1 Å². The largest absolute Gasteiger partial charge is 0.407 e.